The first-order valence-corrected chi connectivity index (χ1v) is 8.71. The number of aromatic nitrogens is 2. The molecule has 24 heavy (non-hydrogen) atoms. The van der Waals surface area contributed by atoms with E-state index in [9.17, 15) is 0 Å². The van der Waals surface area contributed by atoms with Crippen LogP contribution >= 0.6 is 23.4 Å². The van der Waals surface area contributed by atoms with Crippen LogP contribution in [0.25, 0.3) is 0 Å². The number of hydrogen-bond donors (Lipinski definition) is 1. The number of anilines is 1. The first-order valence-electron chi connectivity index (χ1n) is 7.34. The Balaban J connectivity index is 1.60. The third-order valence-corrected chi connectivity index (χ3v) is 4.41. The predicted octanol–water partition coefficient (Wildman–Crippen LogP) is 4.87. The van der Waals surface area contributed by atoms with Crippen molar-refractivity contribution in [1.82, 2.24) is 9.97 Å². The van der Waals surface area contributed by atoms with Gasteiger partial charge in [-0.2, -0.15) is 5.10 Å². The molecule has 3 rings (SSSR count). The molecule has 120 valence electrons. The molecule has 0 unspecified atom stereocenters. The number of hydrazone groups is 1. The van der Waals surface area contributed by atoms with Crippen molar-refractivity contribution in [3.63, 3.8) is 0 Å². The van der Waals surface area contributed by atoms with Crippen LogP contribution in [-0.4, -0.2) is 16.2 Å². The maximum absolute atomic E-state index is 6.16. The zero-order chi connectivity index (χ0) is 16.6. The number of nitrogens with zero attached hydrogens (tertiary/aromatic N) is 3. The summed E-state index contributed by atoms with van der Waals surface area (Å²) in [5.41, 5.74) is 5.70. The van der Waals surface area contributed by atoms with E-state index in [-0.39, 0.29) is 0 Å². The molecule has 0 atom stereocenters. The van der Waals surface area contributed by atoms with Crippen LogP contribution in [0.15, 0.2) is 77.1 Å². The Kier molecular flexibility index (Phi) is 5.82. The highest BCUT2D eigenvalue weighted by atomic mass is 35.5. The Hall–Kier alpha value is -2.37. The first kappa shape index (κ1) is 16.5. The Morgan fingerprint density at radius 3 is 2.67 bits per heavy atom. The lowest BCUT2D eigenvalue weighted by Crippen LogP contribution is -1.95. The predicted molar refractivity (Wildman–Crippen MR) is 101 cm³/mol. The van der Waals surface area contributed by atoms with Gasteiger partial charge >= 0.3 is 0 Å². The minimum atomic E-state index is 0.693. The van der Waals surface area contributed by atoms with Crippen LogP contribution in [0.4, 0.5) is 5.69 Å². The van der Waals surface area contributed by atoms with E-state index in [1.165, 1.54) is 0 Å². The molecule has 2 aromatic carbocycles. The van der Waals surface area contributed by atoms with Crippen LogP contribution in [-0.2, 0) is 5.75 Å². The average molecular weight is 355 g/mol. The summed E-state index contributed by atoms with van der Waals surface area (Å²) in [4.78, 5) is 8.75. The van der Waals surface area contributed by atoms with Crippen LogP contribution in [0, 0.1) is 0 Å². The normalized spacial score (nSPS) is 10.9. The van der Waals surface area contributed by atoms with Gasteiger partial charge in [-0.1, -0.05) is 59.8 Å². The van der Waals surface area contributed by atoms with Gasteiger partial charge in [-0.25, -0.2) is 9.97 Å². The van der Waals surface area contributed by atoms with Crippen LogP contribution in [0.2, 0.25) is 5.02 Å². The van der Waals surface area contributed by atoms with Crippen molar-refractivity contribution < 1.29 is 0 Å². The molecule has 0 saturated heterocycles. The van der Waals surface area contributed by atoms with Gasteiger partial charge in [0.05, 0.1) is 17.6 Å². The second kappa shape index (κ2) is 8.47. The molecule has 0 saturated carbocycles. The number of halogens is 1. The van der Waals surface area contributed by atoms with Gasteiger partial charge in [0.2, 0.25) is 0 Å². The average Bonchev–Trinajstić information content (AvgIpc) is 2.62. The smallest absolute Gasteiger partial charge is 0.188 e. The third kappa shape index (κ3) is 4.81. The van der Waals surface area contributed by atoms with Crippen molar-refractivity contribution in [2.24, 2.45) is 5.10 Å². The summed E-state index contributed by atoms with van der Waals surface area (Å²) in [6.07, 6.45) is 3.40. The summed E-state index contributed by atoms with van der Waals surface area (Å²) in [6, 6.07) is 19.4. The van der Waals surface area contributed by atoms with E-state index >= 15 is 0 Å². The summed E-state index contributed by atoms with van der Waals surface area (Å²) in [6.45, 7) is 0. The van der Waals surface area contributed by atoms with E-state index < -0.39 is 0 Å². The van der Waals surface area contributed by atoms with Crippen molar-refractivity contribution in [3.05, 3.63) is 83.1 Å². The molecule has 1 aromatic heterocycles. The lowest BCUT2D eigenvalue weighted by Gasteiger charge is -2.03. The summed E-state index contributed by atoms with van der Waals surface area (Å²) >= 11 is 7.71. The van der Waals surface area contributed by atoms with Gasteiger partial charge < -0.3 is 0 Å². The fraction of sp³-hybridized carbons (Fsp3) is 0.0556. The van der Waals surface area contributed by atoms with Crippen molar-refractivity contribution in [2.45, 2.75) is 10.9 Å². The zero-order valence-electron chi connectivity index (χ0n) is 12.8. The van der Waals surface area contributed by atoms with Crippen LogP contribution in [0.3, 0.4) is 0 Å². The highest BCUT2D eigenvalue weighted by molar-refractivity contribution is 7.98. The molecule has 0 bridgehead atoms. The zero-order valence-corrected chi connectivity index (χ0v) is 14.3. The number of nitrogens with one attached hydrogen (secondary N) is 1. The summed E-state index contributed by atoms with van der Waals surface area (Å²) in [7, 11) is 0. The lowest BCUT2D eigenvalue weighted by molar-refractivity contribution is 0.959. The molecule has 0 spiro atoms. The Bertz CT molecular complexity index is 824. The number of thioether (sulfide) groups is 1. The van der Waals surface area contributed by atoms with E-state index in [4.69, 9.17) is 11.6 Å². The minimum Gasteiger partial charge on any atom is -0.278 e. The van der Waals surface area contributed by atoms with E-state index in [0.29, 0.717) is 5.16 Å². The molecule has 4 nitrogen and oxygen atoms in total. The fourth-order valence-corrected chi connectivity index (χ4v) is 3.06. The summed E-state index contributed by atoms with van der Waals surface area (Å²) < 4.78 is 0. The van der Waals surface area contributed by atoms with Crippen LogP contribution < -0.4 is 5.43 Å². The van der Waals surface area contributed by atoms with E-state index in [2.05, 4.69) is 20.5 Å². The second-order valence-electron chi connectivity index (χ2n) is 4.88. The highest BCUT2D eigenvalue weighted by Gasteiger charge is 2.03. The Labute approximate surface area is 150 Å². The van der Waals surface area contributed by atoms with E-state index in [1.54, 1.807) is 24.2 Å². The van der Waals surface area contributed by atoms with Gasteiger partial charge in [0, 0.05) is 17.0 Å². The maximum atomic E-state index is 6.16. The molecule has 0 amide bonds. The minimum absolute atomic E-state index is 0.693. The first-order chi connectivity index (χ1) is 11.8. The number of para-hydroxylation sites is 1. The highest BCUT2D eigenvalue weighted by Crippen LogP contribution is 2.24. The van der Waals surface area contributed by atoms with Crippen molar-refractivity contribution in [1.29, 1.82) is 0 Å². The van der Waals surface area contributed by atoms with Gasteiger partial charge in [0.15, 0.2) is 5.16 Å². The topological polar surface area (TPSA) is 50.2 Å². The number of rotatable bonds is 6. The van der Waals surface area contributed by atoms with Gasteiger partial charge in [0.25, 0.3) is 0 Å². The monoisotopic (exact) mass is 354 g/mol. The molecule has 6 heteroatoms. The molecule has 0 fully saturated rings. The molecule has 3 aromatic rings. The fourth-order valence-electron chi connectivity index (χ4n) is 1.94. The number of benzene rings is 2. The van der Waals surface area contributed by atoms with Gasteiger partial charge in [-0.05, 0) is 29.8 Å². The number of hydrogen-bond acceptors (Lipinski definition) is 5. The second-order valence-corrected chi connectivity index (χ2v) is 6.23. The van der Waals surface area contributed by atoms with Crippen molar-refractivity contribution >= 4 is 35.3 Å². The molecule has 0 aliphatic carbocycles. The summed E-state index contributed by atoms with van der Waals surface area (Å²) in [5.74, 6) is 0.725. The summed E-state index contributed by atoms with van der Waals surface area (Å²) in [5, 5.41) is 5.64. The molecule has 0 aliphatic heterocycles. The van der Waals surface area contributed by atoms with Gasteiger partial charge in [-0.3, -0.25) is 5.43 Å². The van der Waals surface area contributed by atoms with Gasteiger partial charge in [-0.15, -0.1) is 0 Å². The molecule has 0 radical (unpaired) electrons. The van der Waals surface area contributed by atoms with E-state index in [1.807, 2.05) is 60.7 Å². The molecule has 0 aliphatic rings. The largest absolute Gasteiger partial charge is 0.278 e. The molecule has 1 N–H and O–H groups in total. The Morgan fingerprint density at radius 2 is 1.83 bits per heavy atom. The van der Waals surface area contributed by atoms with Gasteiger partial charge in [0.1, 0.15) is 0 Å². The molecule has 1 heterocycles. The SMILES string of the molecule is Clc1ccccc1CSc1nccc(/C=N/Nc2ccccc2)n1. The maximum Gasteiger partial charge on any atom is 0.188 e. The van der Waals surface area contributed by atoms with Crippen molar-refractivity contribution in [2.75, 3.05) is 5.43 Å². The molecular formula is C18H15ClN4S. The van der Waals surface area contributed by atoms with Crippen LogP contribution in [0.5, 0.6) is 0 Å². The lowest BCUT2D eigenvalue weighted by atomic mass is 10.2. The van der Waals surface area contributed by atoms with Crippen molar-refractivity contribution in [3.8, 4) is 0 Å². The van der Waals surface area contributed by atoms with Crippen LogP contribution in [0.1, 0.15) is 11.3 Å². The quantitative estimate of drug-likeness (QED) is 0.297. The molecular weight excluding hydrogens is 340 g/mol. The van der Waals surface area contributed by atoms with E-state index in [0.717, 1.165) is 27.7 Å². The standard InChI is InChI=1S/C18H15ClN4S/c19-17-9-5-4-6-14(17)13-24-18-20-11-10-16(22-18)12-21-23-15-7-2-1-3-8-15/h1-12,23H,13H2/b21-12+. The Morgan fingerprint density at radius 1 is 1.04 bits per heavy atom. The third-order valence-electron chi connectivity index (χ3n) is 3.13.